The van der Waals surface area contributed by atoms with E-state index in [1.807, 2.05) is 0 Å². The molecule has 0 radical (unpaired) electrons. The van der Waals surface area contributed by atoms with Crippen molar-refractivity contribution in [3.05, 3.63) is 0 Å². The summed E-state index contributed by atoms with van der Waals surface area (Å²) in [6.45, 7) is 4.69. The fourth-order valence-electron chi connectivity index (χ4n) is 1.81. The van der Waals surface area contributed by atoms with Crippen LogP contribution in [0, 0.1) is 0 Å². The standard InChI is InChI=1S/C15H25NO8S/c1-4-22-12(17)7-16(8-13(18)23-5-2)11(15(20)21)9-25-10-14(19)24-6-3/h11H,4-10H2,1-3H3,(H,20,21)/t11-/m0/s1. The molecule has 0 amide bonds. The molecule has 0 rings (SSSR count). The van der Waals surface area contributed by atoms with Crippen LogP contribution in [0.4, 0.5) is 0 Å². The Balaban J connectivity index is 4.94. The molecule has 0 unspecified atom stereocenters. The molecule has 144 valence electrons. The van der Waals surface area contributed by atoms with Gasteiger partial charge in [-0.15, -0.1) is 11.8 Å². The van der Waals surface area contributed by atoms with Crippen LogP contribution >= 0.6 is 11.8 Å². The molecule has 1 N–H and O–H groups in total. The number of carbonyl (C=O) groups is 4. The number of hydrogen-bond donors (Lipinski definition) is 1. The van der Waals surface area contributed by atoms with Crippen molar-refractivity contribution in [2.45, 2.75) is 26.8 Å². The molecule has 0 saturated heterocycles. The summed E-state index contributed by atoms with van der Waals surface area (Å²) >= 11 is 1.05. The molecule has 10 heteroatoms. The van der Waals surface area contributed by atoms with Crippen LogP contribution in [0.3, 0.4) is 0 Å². The third kappa shape index (κ3) is 10.6. The van der Waals surface area contributed by atoms with E-state index in [0.29, 0.717) is 0 Å². The SMILES string of the molecule is CCOC(=O)CSC[C@@H](C(=O)O)N(CC(=O)OCC)CC(=O)OCC. The molecule has 0 aliphatic carbocycles. The summed E-state index contributed by atoms with van der Waals surface area (Å²) in [4.78, 5) is 47.4. The van der Waals surface area contributed by atoms with E-state index in [-0.39, 0.29) is 44.4 Å². The van der Waals surface area contributed by atoms with E-state index in [4.69, 9.17) is 14.2 Å². The number of thioether (sulfide) groups is 1. The lowest BCUT2D eigenvalue weighted by Crippen LogP contribution is -2.48. The highest BCUT2D eigenvalue weighted by Gasteiger charge is 2.30. The van der Waals surface area contributed by atoms with Gasteiger partial charge in [0.15, 0.2) is 0 Å². The number of carboxylic acid groups (broad SMARTS) is 1. The Bertz CT molecular complexity index is 437. The van der Waals surface area contributed by atoms with Gasteiger partial charge < -0.3 is 19.3 Å². The van der Waals surface area contributed by atoms with Gasteiger partial charge in [-0.2, -0.15) is 0 Å². The van der Waals surface area contributed by atoms with Crippen LogP contribution in [0.15, 0.2) is 0 Å². The average molecular weight is 379 g/mol. The predicted molar refractivity (Wildman–Crippen MR) is 90.2 cm³/mol. The second kappa shape index (κ2) is 13.5. The molecule has 0 aliphatic rings. The molecule has 0 aliphatic heterocycles. The first kappa shape index (κ1) is 23.2. The third-order valence-corrected chi connectivity index (χ3v) is 3.79. The first-order valence-electron chi connectivity index (χ1n) is 7.87. The number of ether oxygens (including phenoxy) is 3. The summed E-state index contributed by atoms with van der Waals surface area (Å²) in [7, 11) is 0. The Kier molecular flexibility index (Phi) is 12.5. The average Bonchev–Trinajstić information content (AvgIpc) is 2.51. The van der Waals surface area contributed by atoms with Gasteiger partial charge in [-0.3, -0.25) is 24.1 Å². The van der Waals surface area contributed by atoms with Crippen LogP contribution in [0.1, 0.15) is 20.8 Å². The Labute approximate surface area is 151 Å². The molecule has 0 heterocycles. The second-order valence-electron chi connectivity index (χ2n) is 4.69. The van der Waals surface area contributed by atoms with Crippen molar-refractivity contribution in [2.24, 2.45) is 0 Å². The van der Waals surface area contributed by atoms with Crippen molar-refractivity contribution in [2.75, 3.05) is 44.4 Å². The molecule has 0 spiro atoms. The van der Waals surface area contributed by atoms with Crippen molar-refractivity contribution in [3.63, 3.8) is 0 Å². The van der Waals surface area contributed by atoms with E-state index in [1.165, 1.54) is 0 Å². The van der Waals surface area contributed by atoms with Crippen molar-refractivity contribution in [1.29, 1.82) is 0 Å². The minimum absolute atomic E-state index is 0.00699. The Morgan fingerprint density at radius 3 is 1.72 bits per heavy atom. The van der Waals surface area contributed by atoms with Gasteiger partial charge in [0, 0.05) is 5.75 Å². The van der Waals surface area contributed by atoms with Crippen molar-refractivity contribution in [3.8, 4) is 0 Å². The molecule has 0 aromatic rings. The van der Waals surface area contributed by atoms with Crippen molar-refractivity contribution < 1.29 is 38.5 Å². The molecular weight excluding hydrogens is 354 g/mol. The fraction of sp³-hybridized carbons (Fsp3) is 0.733. The monoisotopic (exact) mass is 379 g/mol. The van der Waals surface area contributed by atoms with Gasteiger partial charge in [0.05, 0.1) is 38.7 Å². The van der Waals surface area contributed by atoms with Crippen LogP contribution in [0.2, 0.25) is 0 Å². The van der Waals surface area contributed by atoms with Gasteiger partial charge >= 0.3 is 23.9 Å². The van der Waals surface area contributed by atoms with Gasteiger partial charge in [-0.25, -0.2) is 0 Å². The Morgan fingerprint density at radius 2 is 1.32 bits per heavy atom. The van der Waals surface area contributed by atoms with Crippen LogP contribution in [-0.4, -0.2) is 84.3 Å². The molecule has 0 aromatic carbocycles. The first-order valence-corrected chi connectivity index (χ1v) is 9.02. The predicted octanol–water partition coefficient (Wildman–Crippen LogP) is 0.164. The second-order valence-corrected chi connectivity index (χ2v) is 5.72. The molecule has 9 nitrogen and oxygen atoms in total. The van der Waals surface area contributed by atoms with Crippen LogP contribution in [0.25, 0.3) is 0 Å². The molecule has 25 heavy (non-hydrogen) atoms. The maximum absolute atomic E-state index is 11.7. The van der Waals surface area contributed by atoms with Crippen molar-refractivity contribution in [1.82, 2.24) is 4.90 Å². The minimum atomic E-state index is -1.22. The fourth-order valence-corrected chi connectivity index (χ4v) is 2.76. The Hall–Kier alpha value is -1.81. The number of carbonyl (C=O) groups excluding carboxylic acids is 3. The van der Waals surface area contributed by atoms with Crippen molar-refractivity contribution >= 4 is 35.6 Å². The number of esters is 3. The number of nitrogens with zero attached hydrogens (tertiary/aromatic N) is 1. The molecule has 1 atom stereocenters. The smallest absolute Gasteiger partial charge is 0.321 e. The topological polar surface area (TPSA) is 119 Å². The zero-order valence-electron chi connectivity index (χ0n) is 14.7. The van der Waals surface area contributed by atoms with Gasteiger partial charge in [0.2, 0.25) is 0 Å². The van der Waals surface area contributed by atoms with E-state index in [2.05, 4.69) is 0 Å². The van der Waals surface area contributed by atoms with E-state index in [9.17, 15) is 24.3 Å². The van der Waals surface area contributed by atoms with E-state index >= 15 is 0 Å². The van der Waals surface area contributed by atoms with Crippen LogP contribution in [-0.2, 0) is 33.4 Å². The van der Waals surface area contributed by atoms with Gasteiger partial charge in [-0.1, -0.05) is 0 Å². The van der Waals surface area contributed by atoms with Gasteiger partial charge in [0.25, 0.3) is 0 Å². The lowest BCUT2D eigenvalue weighted by Gasteiger charge is -2.26. The maximum Gasteiger partial charge on any atom is 0.321 e. The number of carboxylic acids is 1. The third-order valence-electron chi connectivity index (χ3n) is 2.80. The molecule has 0 fully saturated rings. The maximum atomic E-state index is 11.7. The van der Waals surface area contributed by atoms with Crippen LogP contribution < -0.4 is 0 Å². The summed E-state index contributed by atoms with van der Waals surface area (Å²) in [5, 5.41) is 9.42. The summed E-state index contributed by atoms with van der Waals surface area (Å²) in [5.41, 5.74) is 0. The number of rotatable bonds is 13. The highest BCUT2D eigenvalue weighted by molar-refractivity contribution is 8.00. The molecule has 0 aromatic heterocycles. The first-order chi connectivity index (χ1) is 11.8. The Morgan fingerprint density at radius 1 is 0.880 bits per heavy atom. The zero-order valence-corrected chi connectivity index (χ0v) is 15.5. The minimum Gasteiger partial charge on any atom is -0.480 e. The zero-order chi connectivity index (χ0) is 19.2. The lowest BCUT2D eigenvalue weighted by molar-refractivity contribution is -0.152. The normalized spacial score (nSPS) is 11.7. The summed E-state index contributed by atoms with van der Waals surface area (Å²) in [5.74, 6) is -3.00. The van der Waals surface area contributed by atoms with E-state index < -0.39 is 29.9 Å². The highest BCUT2D eigenvalue weighted by atomic mass is 32.2. The number of aliphatic carboxylic acids is 1. The highest BCUT2D eigenvalue weighted by Crippen LogP contribution is 2.11. The van der Waals surface area contributed by atoms with Gasteiger partial charge in [-0.05, 0) is 20.8 Å². The molecule has 0 saturated carbocycles. The molecular formula is C15H25NO8S. The van der Waals surface area contributed by atoms with E-state index in [1.54, 1.807) is 20.8 Å². The quantitative estimate of drug-likeness (QED) is 0.350. The number of hydrogen-bond acceptors (Lipinski definition) is 9. The lowest BCUT2D eigenvalue weighted by atomic mass is 10.2. The largest absolute Gasteiger partial charge is 0.480 e. The van der Waals surface area contributed by atoms with Gasteiger partial charge in [0.1, 0.15) is 6.04 Å². The summed E-state index contributed by atoms with van der Waals surface area (Å²) in [6.07, 6.45) is 0. The summed E-state index contributed by atoms with van der Waals surface area (Å²) in [6, 6.07) is -1.16. The van der Waals surface area contributed by atoms with Crippen LogP contribution in [0.5, 0.6) is 0 Å². The van der Waals surface area contributed by atoms with E-state index in [0.717, 1.165) is 16.7 Å². The molecule has 0 bridgehead atoms. The summed E-state index contributed by atoms with van der Waals surface area (Å²) < 4.78 is 14.4.